The van der Waals surface area contributed by atoms with Crippen molar-refractivity contribution in [3.63, 3.8) is 0 Å². The predicted octanol–water partition coefficient (Wildman–Crippen LogP) is 5.70. The first-order valence-electron chi connectivity index (χ1n) is 11.8. The molecule has 1 heterocycles. The highest BCUT2D eigenvalue weighted by Gasteiger charge is 2.19. The zero-order valence-corrected chi connectivity index (χ0v) is 21.7. The van der Waals surface area contributed by atoms with E-state index in [9.17, 15) is 24.5 Å². The lowest BCUT2D eigenvalue weighted by molar-refractivity contribution is -0.384. The highest BCUT2D eigenvalue weighted by molar-refractivity contribution is 6.34. The predicted molar refractivity (Wildman–Crippen MR) is 148 cm³/mol. The third kappa shape index (κ3) is 6.58. The second kappa shape index (κ2) is 12.5. The number of benzene rings is 3. The number of halogens is 1. The maximum atomic E-state index is 12.8. The minimum absolute atomic E-state index is 0.0161. The monoisotopic (exact) mass is 560 g/mol. The number of nitrogens with one attached hydrogen (secondary N) is 2. The van der Waals surface area contributed by atoms with Crippen LogP contribution in [0.5, 0.6) is 0 Å². The minimum atomic E-state index is -0.726. The number of carbonyl (C=O) groups excluding carboxylic acids is 3. The fraction of sp³-hybridized carbons (Fsp3) is 0.0714. The van der Waals surface area contributed by atoms with Crippen LogP contribution in [0.15, 0.2) is 88.4 Å². The molecule has 2 N–H and O–H groups in total. The number of hydrogen-bond acceptors (Lipinski definition) is 8. The smallest absolute Gasteiger partial charge is 0.338 e. The van der Waals surface area contributed by atoms with Crippen molar-refractivity contribution in [2.24, 2.45) is 5.10 Å². The van der Waals surface area contributed by atoms with Crippen molar-refractivity contribution >= 4 is 47.0 Å². The number of hydrogen-bond donors (Lipinski definition) is 2. The number of furan rings is 1. The van der Waals surface area contributed by atoms with Gasteiger partial charge in [0.05, 0.1) is 45.1 Å². The molecule has 0 aliphatic heterocycles. The number of nitrogens with zero attached hydrogens (tertiary/aromatic N) is 2. The topological polar surface area (TPSA) is 153 Å². The van der Waals surface area contributed by atoms with Crippen LogP contribution in [0.2, 0.25) is 5.02 Å². The van der Waals surface area contributed by atoms with Gasteiger partial charge in [0.25, 0.3) is 17.5 Å². The maximum absolute atomic E-state index is 12.8. The van der Waals surface area contributed by atoms with Gasteiger partial charge in [0.15, 0.2) is 0 Å². The van der Waals surface area contributed by atoms with Gasteiger partial charge in [0.2, 0.25) is 0 Å². The van der Waals surface area contributed by atoms with E-state index in [0.717, 1.165) is 11.6 Å². The number of ether oxygens (including phenoxy) is 1. The molecule has 0 fully saturated rings. The molecule has 0 radical (unpaired) electrons. The average molecular weight is 561 g/mol. The molecule has 4 aromatic rings. The van der Waals surface area contributed by atoms with E-state index in [1.165, 1.54) is 30.5 Å². The van der Waals surface area contributed by atoms with Gasteiger partial charge in [-0.2, -0.15) is 5.10 Å². The summed E-state index contributed by atoms with van der Waals surface area (Å²) in [7, 11) is 0. The summed E-state index contributed by atoms with van der Waals surface area (Å²) in [6.07, 6.45) is 1.30. The number of nitro benzene ring substituents is 1. The molecule has 1 aromatic heterocycles. The lowest BCUT2D eigenvalue weighted by Crippen LogP contribution is -2.21. The van der Waals surface area contributed by atoms with Crippen molar-refractivity contribution in [3.8, 4) is 11.3 Å². The number of non-ortho nitro benzene ring substituents is 1. The van der Waals surface area contributed by atoms with Crippen LogP contribution in [-0.2, 0) is 4.74 Å². The van der Waals surface area contributed by atoms with Gasteiger partial charge in [-0.1, -0.05) is 35.9 Å². The Balaban J connectivity index is 1.42. The van der Waals surface area contributed by atoms with Gasteiger partial charge in [-0.25, -0.2) is 10.2 Å². The van der Waals surface area contributed by atoms with Crippen molar-refractivity contribution in [2.45, 2.75) is 6.92 Å². The molecule has 12 heteroatoms. The molecule has 4 rings (SSSR count). The van der Waals surface area contributed by atoms with E-state index in [1.807, 2.05) is 0 Å². The number of rotatable bonds is 9. The fourth-order valence-electron chi connectivity index (χ4n) is 3.56. The Labute approximate surface area is 232 Å². The third-order valence-corrected chi connectivity index (χ3v) is 5.82. The van der Waals surface area contributed by atoms with Gasteiger partial charge in [-0.15, -0.1) is 0 Å². The van der Waals surface area contributed by atoms with E-state index < -0.39 is 22.7 Å². The average Bonchev–Trinajstić information content (AvgIpc) is 3.42. The summed E-state index contributed by atoms with van der Waals surface area (Å²) in [5.41, 5.74) is 3.34. The van der Waals surface area contributed by atoms with Crippen molar-refractivity contribution in [1.82, 2.24) is 5.43 Å². The van der Waals surface area contributed by atoms with E-state index in [1.54, 1.807) is 55.5 Å². The zero-order valence-electron chi connectivity index (χ0n) is 20.9. The van der Waals surface area contributed by atoms with Crippen LogP contribution in [0.1, 0.15) is 43.8 Å². The molecule has 3 aromatic carbocycles. The minimum Gasteiger partial charge on any atom is -0.462 e. The molecule has 0 atom stereocenters. The number of para-hydroxylation sites is 1. The van der Waals surface area contributed by atoms with E-state index >= 15 is 0 Å². The quantitative estimate of drug-likeness (QED) is 0.115. The van der Waals surface area contributed by atoms with Crippen LogP contribution >= 0.6 is 11.6 Å². The van der Waals surface area contributed by atoms with Crippen molar-refractivity contribution in [1.29, 1.82) is 0 Å². The summed E-state index contributed by atoms with van der Waals surface area (Å²) in [4.78, 5) is 47.8. The molecule has 2 amide bonds. The Kier molecular flexibility index (Phi) is 8.67. The standard InChI is InChI=1S/C28H21ClN4O7/c1-2-39-28(36)18-9-7-17(8-10-18)25-14-12-20(40-25)16-30-32-27(35)21-5-3-4-6-24(21)31-26(34)22-15-19(33(37)38)11-13-23(22)29/h3-16H,2H2,1H3,(H,31,34)(H,32,35)/b30-16+. The summed E-state index contributed by atoms with van der Waals surface area (Å²) in [6, 6.07) is 19.7. The van der Waals surface area contributed by atoms with Crippen LogP contribution in [0.4, 0.5) is 11.4 Å². The van der Waals surface area contributed by atoms with Crippen LogP contribution < -0.4 is 10.7 Å². The van der Waals surface area contributed by atoms with Gasteiger partial charge in [-0.3, -0.25) is 19.7 Å². The maximum Gasteiger partial charge on any atom is 0.338 e. The molecular weight excluding hydrogens is 540 g/mol. The molecule has 0 bridgehead atoms. The molecule has 0 aliphatic carbocycles. The molecule has 40 heavy (non-hydrogen) atoms. The molecule has 0 spiro atoms. The van der Waals surface area contributed by atoms with Crippen LogP contribution in [0.3, 0.4) is 0 Å². The van der Waals surface area contributed by atoms with Crippen molar-refractivity contribution in [2.75, 3.05) is 11.9 Å². The van der Waals surface area contributed by atoms with E-state index in [2.05, 4.69) is 15.8 Å². The van der Waals surface area contributed by atoms with E-state index in [-0.39, 0.29) is 34.1 Å². The summed E-state index contributed by atoms with van der Waals surface area (Å²) < 4.78 is 10.7. The summed E-state index contributed by atoms with van der Waals surface area (Å²) in [5, 5.41) is 17.6. The Morgan fingerprint density at radius 3 is 2.48 bits per heavy atom. The van der Waals surface area contributed by atoms with Crippen molar-refractivity contribution < 1.29 is 28.5 Å². The zero-order chi connectivity index (χ0) is 28.6. The van der Waals surface area contributed by atoms with Gasteiger partial charge in [-0.05, 0) is 49.4 Å². The molecular formula is C28H21ClN4O7. The number of esters is 1. The number of anilines is 1. The van der Waals surface area contributed by atoms with E-state index in [0.29, 0.717) is 17.1 Å². The van der Waals surface area contributed by atoms with E-state index in [4.69, 9.17) is 20.8 Å². The van der Waals surface area contributed by atoms with Gasteiger partial charge in [0.1, 0.15) is 11.5 Å². The lowest BCUT2D eigenvalue weighted by Gasteiger charge is -2.10. The Bertz CT molecular complexity index is 1610. The SMILES string of the molecule is CCOC(=O)c1ccc(-c2ccc(/C=N/NC(=O)c3ccccc3NC(=O)c3cc([N+](=O)[O-])ccc3Cl)o2)cc1. The molecule has 0 saturated heterocycles. The number of hydrazone groups is 1. The van der Waals surface area contributed by atoms with Crippen LogP contribution in [0, 0.1) is 10.1 Å². The number of nitro groups is 1. The largest absolute Gasteiger partial charge is 0.462 e. The first kappa shape index (κ1) is 27.7. The molecule has 0 saturated carbocycles. The first-order valence-corrected chi connectivity index (χ1v) is 12.2. The Morgan fingerprint density at radius 2 is 1.75 bits per heavy atom. The summed E-state index contributed by atoms with van der Waals surface area (Å²) in [5.74, 6) is -0.886. The summed E-state index contributed by atoms with van der Waals surface area (Å²) in [6.45, 7) is 2.02. The number of carbonyl (C=O) groups is 3. The highest BCUT2D eigenvalue weighted by atomic mass is 35.5. The van der Waals surface area contributed by atoms with Gasteiger partial charge < -0.3 is 14.5 Å². The van der Waals surface area contributed by atoms with Crippen molar-refractivity contribution in [3.05, 3.63) is 116 Å². The fourth-order valence-corrected chi connectivity index (χ4v) is 3.76. The third-order valence-electron chi connectivity index (χ3n) is 5.49. The van der Waals surface area contributed by atoms with Crippen LogP contribution in [-0.4, -0.2) is 35.5 Å². The Hall–Kier alpha value is -5.29. The molecule has 0 aliphatic rings. The molecule has 11 nitrogen and oxygen atoms in total. The van der Waals surface area contributed by atoms with Gasteiger partial charge >= 0.3 is 5.97 Å². The summed E-state index contributed by atoms with van der Waals surface area (Å²) >= 11 is 6.05. The second-order valence-electron chi connectivity index (χ2n) is 8.12. The second-order valence-corrected chi connectivity index (χ2v) is 8.53. The Morgan fingerprint density at radius 1 is 1.00 bits per heavy atom. The first-order chi connectivity index (χ1) is 19.3. The highest BCUT2D eigenvalue weighted by Crippen LogP contribution is 2.25. The van der Waals surface area contributed by atoms with Crippen LogP contribution in [0.25, 0.3) is 11.3 Å². The molecule has 0 unspecified atom stereocenters. The normalized spacial score (nSPS) is 10.8. The van der Waals surface area contributed by atoms with Gasteiger partial charge in [0, 0.05) is 17.7 Å². The molecule has 202 valence electrons. The number of amides is 2. The lowest BCUT2D eigenvalue weighted by atomic mass is 10.1.